The number of hydrogen-bond acceptors (Lipinski definition) is 2. The number of aliphatic hydroxyl groups is 1. The van der Waals surface area contributed by atoms with Gasteiger partial charge in [0.05, 0.1) is 6.10 Å². The van der Waals surface area contributed by atoms with E-state index in [9.17, 15) is 4.79 Å². The summed E-state index contributed by atoms with van der Waals surface area (Å²) in [5, 5.41) is 12.1. The summed E-state index contributed by atoms with van der Waals surface area (Å²) in [6, 6.07) is 0. The highest BCUT2D eigenvalue weighted by Crippen LogP contribution is 2.26. The summed E-state index contributed by atoms with van der Waals surface area (Å²) in [7, 11) is 0. The second-order valence-electron chi connectivity index (χ2n) is 6.37. The molecule has 0 aromatic heterocycles. The van der Waals surface area contributed by atoms with Crippen molar-refractivity contribution in [3.8, 4) is 0 Å². The van der Waals surface area contributed by atoms with Crippen LogP contribution in [0.5, 0.6) is 0 Å². The van der Waals surface area contributed by atoms with E-state index in [1.807, 2.05) is 0 Å². The summed E-state index contributed by atoms with van der Waals surface area (Å²) >= 11 is 0. The molecule has 1 aliphatic carbocycles. The third-order valence-electron chi connectivity index (χ3n) is 4.31. The molecule has 20 heavy (non-hydrogen) atoms. The number of rotatable bonds is 12. The number of amides is 1. The normalized spacial score (nSPS) is 21.5. The zero-order valence-electron chi connectivity index (χ0n) is 13.2. The van der Waals surface area contributed by atoms with Gasteiger partial charge in [-0.3, -0.25) is 4.79 Å². The fraction of sp³-hybridized carbons (Fsp3) is 0.941. The smallest absolute Gasteiger partial charge is 0.220 e. The average Bonchev–Trinajstić information content (AvgIpc) is 2.40. The molecule has 1 aliphatic rings. The van der Waals surface area contributed by atoms with Crippen molar-refractivity contribution < 1.29 is 9.90 Å². The molecule has 1 rings (SSSR count). The molecule has 2 N–H and O–H groups in total. The molecule has 0 saturated heterocycles. The second kappa shape index (κ2) is 11.1. The van der Waals surface area contributed by atoms with Gasteiger partial charge in [0.1, 0.15) is 0 Å². The minimum Gasteiger partial charge on any atom is -0.393 e. The summed E-state index contributed by atoms with van der Waals surface area (Å²) < 4.78 is 0. The van der Waals surface area contributed by atoms with E-state index in [0.29, 0.717) is 12.3 Å². The van der Waals surface area contributed by atoms with Crippen LogP contribution in [0, 0.1) is 5.92 Å². The van der Waals surface area contributed by atoms with Gasteiger partial charge in [0, 0.05) is 13.0 Å². The maximum atomic E-state index is 11.6. The Kier molecular flexibility index (Phi) is 9.73. The van der Waals surface area contributed by atoms with Crippen LogP contribution in [0.25, 0.3) is 0 Å². The van der Waals surface area contributed by atoms with Gasteiger partial charge in [-0.25, -0.2) is 0 Å². The van der Waals surface area contributed by atoms with Crippen molar-refractivity contribution in [2.24, 2.45) is 5.92 Å². The highest BCUT2D eigenvalue weighted by atomic mass is 16.3. The van der Waals surface area contributed by atoms with Crippen molar-refractivity contribution in [2.75, 3.05) is 6.54 Å². The fourth-order valence-corrected chi connectivity index (χ4v) is 2.81. The van der Waals surface area contributed by atoms with E-state index in [0.717, 1.165) is 25.8 Å². The quantitative estimate of drug-likeness (QED) is 0.535. The maximum Gasteiger partial charge on any atom is 0.220 e. The van der Waals surface area contributed by atoms with Gasteiger partial charge in [0.2, 0.25) is 5.91 Å². The molecular formula is C17H33NO2. The molecule has 1 fully saturated rings. The van der Waals surface area contributed by atoms with Crippen LogP contribution < -0.4 is 5.32 Å². The molecule has 1 saturated carbocycles. The summed E-state index contributed by atoms with van der Waals surface area (Å²) in [5.74, 6) is 0.700. The van der Waals surface area contributed by atoms with E-state index < -0.39 is 0 Å². The van der Waals surface area contributed by atoms with Crippen LogP contribution in [-0.2, 0) is 4.79 Å². The standard InChI is InChI=1S/C17H33NO2/c1-2-3-4-5-6-7-8-9-10-11-17(20)18-14-15-12-16(19)13-15/h15-16,19H,2-14H2,1H3,(H,18,20). The van der Waals surface area contributed by atoms with Crippen molar-refractivity contribution in [1.82, 2.24) is 5.32 Å². The van der Waals surface area contributed by atoms with Crippen LogP contribution in [0.1, 0.15) is 84.0 Å². The second-order valence-corrected chi connectivity index (χ2v) is 6.37. The third-order valence-corrected chi connectivity index (χ3v) is 4.31. The van der Waals surface area contributed by atoms with Crippen LogP contribution in [0.2, 0.25) is 0 Å². The lowest BCUT2D eigenvalue weighted by molar-refractivity contribution is -0.121. The van der Waals surface area contributed by atoms with Gasteiger partial charge in [-0.05, 0) is 25.2 Å². The summed E-state index contributed by atoms with van der Waals surface area (Å²) in [4.78, 5) is 11.6. The van der Waals surface area contributed by atoms with Crippen molar-refractivity contribution in [3.05, 3.63) is 0 Å². The zero-order chi connectivity index (χ0) is 14.6. The van der Waals surface area contributed by atoms with Gasteiger partial charge < -0.3 is 10.4 Å². The molecule has 0 radical (unpaired) electrons. The highest BCUT2D eigenvalue weighted by molar-refractivity contribution is 5.75. The largest absolute Gasteiger partial charge is 0.393 e. The number of unbranched alkanes of at least 4 members (excludes halogenated alkanes) is 8. The van der Waals surface area contributed by atoms with E-state index in [1.54, 1.807) is 0 Å². The van der Waals surface area contributed by atoms with Crippen molar-refractivity contribution in [3.63, 3.8) is 0 Å². The number of carbonyl (C=O) groups excluding carboxylic acids is 1. The minimum absolute atomic E-state index is 0.116. The predicted octanol–water partition coefficient (Wildman–Crippen LogP) is 3.79. The number of carbonyl (C=O) groups is 1. The molecule has 0 aromatic rings. The van der Waals surface area contributed by atoms with E-state index in [2.05, 4.69) is 12.2 Å². The van der Waals surface area contributed by atoms with E-state index >= 15 is 0 Å². The Morgan fingerprint density at radius 1 is 1.00 bits per heavy atom. The SMILES string of the molecule is CCCCCCCCCCCC(=O)NCC1CC(O)C1. The minimum atomic E-state index is -0.116. The third kappa shape index (κ3) is 8.57. The first-order valence-corrected chi connectivity index (χ1v) is 8.67. The summed E-state index contributed by atoms with van der Waals surface area (Å²) in [6.45, 7) is 3.01. The lowest BCUT2D eigenvalue weighted by Gasteiger charge is -2.31. The van der Waals surface area contributed by atoms with Crippen LogP contribution in [-0.4, -0.2) is 23.7 Å². The lowest BCUT2D eigenvalue weighted by Crippen LogP contribution is -2.38. The van der Waals surface area contributed by atoms with E-state index in [1.165, 1.54) is 51.4 Å². The van der Waals surface area contributed by atoms with Gasteiger partial charge in [0.25, 0.3) is 0 Å². The van der Waals surface area contributed by atoms with Crippen LogP contribution in [0.15, 0.2) is 0 Å². The molecule has 0 aromatic carbocycles. The van der Waals surface area contributed by atoms with Crippen molar-refractivity contribution in [1.29, 1.82) is 0 Å². The first kappa shape index (κ1) is 17.5. The lowest BCUT2D eigenvalue weighted by atomic mass is 9.82. The van der Waals surface area contributed by atoms with Gasteiger partial charge in [0.15, 0.2) is 0 Å². The van der Waals surface area contributed by atoms with Crippen LogP contribution >= 0.6 is 0 Å². The monoisotopic (exact) mass is 283 g/mol. The number of nitrogens with one attached hydrogen (secondary N) is 1. The first-order chi connectivity index (χ1) is 9.72. The molecule has 1 amide bonds. The molecule has 3 heteroatoms. The highest BCUT2D eigenvalue weighted by Gasteiger charge is 2.26. The molecule has 0 atom stereocenters. The fourth-order valence-electron chi connectivity index (χ4n) is 2.81. The Labute approximate surface area is 124 Å². The van der Waals surface area contributed by atoms with Gasteiger partial charge >= 0.3 is 0 Å². The zero-order valence-corrected chi connectivity index (χ0v) is 13.2. The Bertz CT molecular complexity index is 249. The molecule has 0 unspecified atom stereocenters. The van der Waals surface area contributed by atoms with Gasteiger partial charge in [-0.1, -0.05) is 58.3 Å². The van der Waals surface area contributed by atoms with Gasteiger partial charge in [-0.2, -0.15) is 0 Å². The number of hydrogen-bond donors (Lipinski definition) is 2. The summed E-state index contributed by atoms with van der Waals surface area (Å²) in [6.07, 6.45) is 13.9. The van der Waals surface area contributed by atoms with Crippen LogP contribution in [0.4, 0.5) is 0 Å². The molecule has 118 valence electrons. The molecule has 0 bridgehead atoms. The Hall–Kier alpha value is -0.570. The Balaban J connectivity index is 1.77. The Morgan fingerprint density at radius 2 is 1.55 bits per heavy atom. The number of aliphatic hydroxyl groups excluding tert-OH is 1. The first-order valence-electron chi connectivity index (χ1n) is 8.67. The molecule has 0 heterocycles. The maximum absolute atomic E-state index is 11.6. The predicted molar refractivity (Wildman–Crippen MR) is 83.6 cm³/mol. The molecule has 0 aliphatic heterocycles. The van der Waals surface area contributed by atoms with Gasteiger partial charge in [-0.15, -0.1) is 0 Å². The summed E-state index contributed by atoms with van der Waals surface area (Å²) in [5.41, 5.74) is 0. The van der Waals surface area contributed by atoms with E-state index in [4.69, 9.17) is 5.11 Å². The molecule has 0 spiro atoms. The van der Waals surface area contributed by atoms with E-state index in [-0.39, 0.29) is 12.0 Å². The molecular weight excluding hydrogens is 250 g/mol. The molecule has 3 nitrogen and oxygen atoms in total. The average molecular weight is 283 g/mol. The Morgan fingerprint density at radius 3 is 2.10 bits per heavy atom. The van der Waals surface area contributed by atoms with Crippen molar-refractivity contribution in [2.45, 2.75) is 90.1 Å². The topological polar surface area (TPSA) is 49.3 Å². The van der Waals surface area contributed by atoms with Crippen LogP contribution in [0.3, 0.4) is 0 Å². The van der Waals surface area contributed by atoms with Crippen molar-refractivity contribution >= 4 is 5.91 Å².